The maximum atomic E-state index is 13.0. The number of carbonyl (C=O) groups excluding carboxylic acids is 2. The molecule has 1 N–H and O–H groups in total. The van der Waals surface area contributed by atoms with E-state index in [0.717, 1.165) is 24.0 Å². The standard InChI is InChI=1S/C18H22N2O3/c1-12-2-5-14(13-3-4-13)15(10-12)16(21)20-8-6-18(7-9-20)11-23-17(22)19-18/h2,5,10,13H,3-4,6-9,11H2,1H3,(H,19,22). The van der Waals surface area contributed by atoms with Crippen molar-refractivity contribution in [2.45, 2.75) is 44.1 Å². The molecule has 1 aromatic carbocycles. The first kappa shape index (κ1) is 14.5. The second-order valence-electron chi connectivity index (χ2n) is 7.14. The lowest BCUT2D eigenvalue weighted by molar-refractivity contribution is 0.0642. The molecule has 2 aliphatic heterocycles. The van der Waals surface area contributed by atoms with Gasteiger partial charge in [-0.15, -0.1) is 0 Å². The Morgan fingerprint density at radius 2 is 2.04 bits per heavy atom. The number of alkyl carbamates (subject to hydrolysis) is 1. The molecule has 3 aliphatic rings. The number of rotatable bonds is 2. The number of hydrogen-bond acceptors (Lipinski definition) is 3. The van der Waals surface area contributed by atoms with Gasteiger partial charge in [-0.05, 0) is 50.2 Å². The van der Waals surface area contributed by atoms with Crippen LogP contribution in [0.2, 0.25) is 0 Å². The minimum atomic E-state index is -0.334. The van der Waals surface area contributed by atoms with Crippen LogP contribution in [0.1, 0.15) is 53.1 Å². The Morgan fingerprint density at radius 1 is 1.30 bits per heavy atom. The Kier molecular flexibility index (Phi) is 3.32. The van der Waals surface area contributed by atoms with Gasteiger partial charge in [0, 0.05) is 18.7 Å². The van der Waals surface area contributed by atoms with Crippen molar-refractivity contribution in [3.8, 4) is 0 Å². The molecule has 0 aromatic heterocycles. The minimum absolute atomic E-state index is 0.135. The Balaban J connectivity index is 1.50. The molecule has 0 bridgehead atoms. The first-order valence-corrected chi connectivity index (χ1v) is 8.41. The first-order chi connectivity index (χ1) is 11.1. The molecule has 4 rings (SSSR count). The molecule has 0 unspecified atom stereocenters. The van der Waals surface area contributed by atoms with Gasteiger partial charge in [-0.3, -0.25) is 4.79 Å². The maximum Gasteiger partial charge on any atom is 0.407 e. The Labute approximate surface area is 136 Å². The van der Waals surface area contributed by atoms with Crippen LogP contribution in [0.4, 0.5) is 4.79 Å². The molecule has 122 valence electrons. The summed E-state index contributed by atoms with van der Waals surface area (Å²) in [6, 6.07) is 6.25. The van der Waals surface area contributed by atoms with Crippen molar-refractivity contribution < 1.29 is 14.3 Å². The molecule has 2 heterocycles. The topological polar surface area (TPSA) is 58.6 Å². The van der Waals surface area contributed by atoms with Crippen molar-refractivity contribution in [1.82, 2.24) is 10.2 Å². The summed E-state index contributed by atoms with van der Waals surface area (Å²) in [6.45, 7) is 3.79. The lowest BCUT2D eigenvalue weighted by Gasteiger charge is -2.37. The largest absolute Gasteiger partial charge is 0.447 e. The van der Waals surface area contributed by atoms with E-state index in [1.807, 2.05) is 17.9 Å². The number of nitrogens with one attached hydrogen (secondary N) is 1. The molecule has 1 saturated carbocycles. The van der Waals surface area contributed by atoms with Gasteiger partial charge in [-0.2, -0.15) is 0 Å². The van der Waals surface area contributed by atoms with Gasteiger partial charge in [0.1, 0.15) is 6.61 Å². The number of benzene rings is 1. The van der Waals surface area contributed by atoms with Crippen molar-refractivity contribution in [2.24, 2.45) is 0 Å². The molecular formula is C18H22N2O3. The molecule has 2 saturated heterocycles. The average molecular weight is 314 g/mol. The van der Waals surface area contributed by atoms with Crippen molar-refractivity contribution in [3.63, 3.8) is 0 Å². The van der Waals surface area contributed by atoms with Crippen LogP contribution in [-0.2, 0) is 4.74 Å². The molecule has 2 amide bonds. The second kappa shape index (κ2) is 5.25. The third-order valence-electron chi connectivity index (χ3n) is 5.31. The second-order valence-corrected chi connectivity index (χ2v) is 7.14. The van der Waals surface area contributed by atoms with Gasteiger partial charge >= 0.3 is 6.09 Å². The van der Waals surface area contributed by atoms with Crippen molar-refractivity contribution in [3.05, 3.63) is 34.9 Å². The zero-order valence-corrected chi connectivity index (χ0v) is 13.4. The van der Waals surface area contributed by atoms with Crippen LogP contribution in [0.25, 0.3) is 0 Å². The number of ether oxygens (including phenoxy) is 1. The fourth-order valence-electron chi connectivity index (χ4n) is 3.68. The molecular weight excluding hydrogens is 292 g/mol. The fourth-order valence-corrected chi connectivity index (χ4v) is 3.68. The third kappa shape index (κ3) is 2.69. The SMILES string of the molecule is Cc1ccc(C2CC2)c(C(=O)N2CCC3(CC2)COC(=O)N3)c1. The van der Waals surface area contributed by atoms with Crippen LogP contribution in [-0.4, -0.2) is 42.1 Å². The summed E-state index contributed by atoms with van der Waals surface area (Å²) in [5.74, 6) is 0.698. The summed E-state index contributed by atoms with van der Waals surface area (Å²) in [5, 5.41) is 2.92. The van der Waals surface area contributed by atoms with Crippen LogP contribution < -0.4 is 5.32 Å². The van der Waals surface area contributed by atoms with E-state index >= 15 is 0 Å². The van der Waals surface area contributed by atoms with E-state index in [1.165, 1.54) is 18.4 Å². The predicted molar refractivity (Wildman–Crippen MR) is 85.5 cm³/mol. The van der Waals surface area contributed by atoms with Gasteiger partial charge in [0.05, 0.1) is 5.54 Å². The number of cyclic esters (lactones) is 1. The average Bonchev–Trinajstić information content (AvgIpc) is 3.32. The van der Waals surface area contributed by atoms with E-state index in [-0.39, 0.29) is 17.5 Å². The van der Waals surface area contributed by atoms with Gasteiger partial charge in [-0.25, -0.2) is 4.79 Å². The highest BCUT2D eigenvalue weighted by atomic mass is 16.6. The number of nitrogens with zero attached hydrogens (tertiary/aromatic N) is 1. The van der Waals surface area contributed by atoms with Gasteiger partial charge in [-0.1, -0.05) is 17.7 Å². The maximum absolute atomic E-state index is 13.0. The van der Waals surface area contributed by atoms with Crippen molar-refractivity contribution in [2.75, 3.05) is 19.7 Å². The van der Waals surface area contributed by atoms with Crippen molar-refractivity contribution in [1.29, 1.82) is 0 Å². The summed E-state index contributed by atoms with van der Waals surface area (Å²) in [7, 11) is 0. The summed E-state index contributed by atoms with van der Waals surface area (Å²) in [6.07, 6.45) is 3.56. The minimum Gasteiger partial charge on any atom is -0.447 e. The van der Waals surface area contributed by atoms with Crippen LogP contribution in [0.5, 0.6) is 0 Å². The van der Waals surface area contributed by atoms with Crippen LogP contribution in [0.3, 0.4) is 0 Å². The molecule has 5 nitrogen and oxygen atoms in total. The highest BCUT2D eigenvalue weighted by Gasteiger charge is 2.43. The highest BCUT2D eigenvalue weighted by Crippen LogP contribution is 2.42. The lowest BCUT2D eigenvalue weighted by atomic mass is 9.88. The zero-order valence-electron chi connectivity index (χ0n) is 13.4. The molecule has 3 fully saturated rings. The molecule has 0 atom stereocenters. The van der Waals surface area contributed by atoms with Crippen LogP contribution in [0, 0.1) is 6.92 Å². The molecule has 1 spiro atoms. The number of piperidine rings is 1. The summed E-state index contributed by atoms with van der Waals surface area (Å²) in [4.78, 5) is 26.2. The Hall–Kier alpha value is -2.04. The smallest absolute Gasteiger partial charge is 0.407 e. The normalized spacial score (nSPS) is 22.8. The van der Waals surface area contributed by atoms with E-state index in [2.05, 4.69) is 17.4 Å². The summed E-state index contributed by atoms with van der Waals surface area (Å²) < 4.78 is 5.05. The van der Waals surface area contributed by atoms with E-state index in [9.17, 15) is 9.59 Å². The van der Waals surface area contributed by atoms with E-state index in [1.54, 1.807) is 0 Å². The Morgan fingerprint density at radius 3 is 2.65 bits per heavy atom. The van der Waals surface area contributed by atoms with Gasteiger partial charge in [0.15, 0.2) is 0 Å². The summed E-state index contributed by atoms with van der Waals surface area (Å²) in [5.41, 5.74) is 2.94. The molecule has 1 aromatic rings. The fraction of sp³-hybridized carbons (Fsp3) is 0.556. The van der Waals surface area contributed by atoms with E-state index < -0.39 is 0 Å². The molecule has 0 radical (unpaired) electrons. The number of likely N-dealkylation sites (tertiary alicyclic amines) is 1. The lowest BCUT2D eigenvalue weighted by Crippen LogP contribution is -2.53. The van der Waals surface area contributed by atoms with Crippen molar-refractivity contribution >= 4 is 12.0 Å². The van der Waals surface area contributed by atoms with Crippen LogP contribution in [0.15, 0.2) is 18.2 Å². The first-order valence-electron chi connectivity index (χ1n) is 8.41. The number of hydrogen-bond donors (Lipinski definition) is 1. The molecule has 1 aliphatic carbocycles. The number of carbonyl (C=O) groups is 2. The number of amides is 2. The van der Waals surface area contributed by atoms with E-state index in [0.29, 0.717) is 25.6 Å². The summed E-state index contributed by atoms with van der Waals surface area (Å²) >= 11 is 0. The van der Waals surface area contributed by atoms with Gasteiger partial charge in [0.2, 0.25) is 0 Å². The Bertz CT molecular complexity index is 658. The van der Waals surface area contributed by atoms with Gasteiger partial charge < -0.3 is 15.0 Å². The molecule has 5 heteroatoms. The van der Waals surface area contributed by atoms with Gasteiger partial charge in [0.25, 0.3) is 5.91 Å². The monoisotopic (exact) mass is 314 g/mol. The zero-order chi connectivity index (χ0) is 16.0. The van der Waals surface area contributed by atoms with E-state index in [4.69, 9.17) is 4.74 Å². The molecule has 23 heavy (non-hydrogen) atoms. The highest BCUT2D eigenvalue weighted by molar-refractivity contribution is 5.96. The predicted octanol–water partition coefficient (Wildman–Crippen LogP) is 2.59. The van der Waals surface area contributed by atoms with Crippen LogP contribution >= 0.6 is 0 Å². The number of aryl methyl sites for hydroxylation is 1. The quantitative estimate of drug-likeness (QED) is 0.913. The third-order valence-corrected chi connectivity index (χ3v) is 5.31.